The summed E-state index contributed by atoms with van der Waals surface area (Å²) in [6.45, 7) is 6.50. The van der Waals surface area contributed by atoms with E-state index in [1.807, 2.05) is 18.2 Å². The van der Waals surface area contributed by atoms with Crippen molar-refractivity contribution in [3.05, 3.63) is 28.8 Å². The van der Waals surface area contributed by atoms with Crippen LogP contribution in [0.4, 0.5) is 5.69 Å². The van der Waals surface area contributed by atoms with Crippen LogP contribution >= 0.6 is 11.6 Å². The molecule has 0 saturated heterocycles. The van der Waals surface area contributed by atoms with Gasteiger partial charge in [0.15, 0.2) is 0 Å². The lowest BCUT2D eigenvalue weighted by molar-refractivity contribution is 0.508. The molecule has 0 spiro atoms. The Labute approximate surface area is 84.9 Å². The maximum Gasteiger partial charge on any atom is 0.0638 e. The highest BCUT2D eigenvalue weighted by Crippen LogP contribution is 2.34. The fourth-order valence-corrected chi connectivity index (χ4v) is 1.49. The number of para-hydroxylation sites is 1. The normalized spacial score (nSPS) is 11.7. The molecule has 0 aliphatic heterocycles. The molecular weight excluding hydrogens is 182 g/mol. The summed E-state index contributed by atoms with van der Waals surface area (Å²) in [5.41, 5.74) is 7.88. The van der Waals surface area contributed by atoms with Gasteiger partial charge in [0.25, 0.3) is 0 Å². The summed E-state index contributed by atoms with van der Waals surface area (Å²) in [6, 6.07) is 5.82. The van der Waals surface area contributed by atoms with Gasteiger partial charge >= 0.3 is 0 Å². The predicted molar refractivity (Wildman–Crippen MR) is 59.2 cm³/mol. The second-order valence-corrected chi connectivity index (χ2v) is 4.35. The fourth-order valence-electron chi connectivity index (χ4n) is 1.32. The van der Waals surface area contributed by atoms with Crippen LogP contribution in [0.25, 0.3) is 0 Å². The molecule has 1 aromatic rings. The number of nitrogen functional groups attached to an aromatic ring is 1. The molecule has 1 nitrogen and oxygen atoms in total. The molecule has 0 bridgehead atoms. The lowest BCUT2D eigenvalue weighted by Gasteiger charge is -2.25. The molecule has 0 fully saturated rings. The summed E-state index contributed by atoms with van der Waals surface area (Å²) in [7, 11) is 0. The van der Waals surface area contributed by atoms with Crippen LogP contribution < -0.4 is 5.73 Å². The molecular formula is C11H16ClN. The van der Waals surface area contributed by atoms with Crippen molar-refractivity contribution >= 4 is 17.3 Å². The van der Waals surface area contributed by atoms with Gasteiger partial charge < -0.3 is 5.73 Å². The maximum absolute atomic E-state index is 5.95. The Bertz CT molecular complexity index is 305. The number of hydrogen-bond acceptors (Lipinski definition) is 1. The first-order valence-electron chi connectivity index (χ1n) is 4.53. The monoisotopic (exact) mass is 197 g/mol. The summed E-state index contributed by atoms with van der Waals surface area (Å²) in [6.07, 6.45) is 1.05. The molecule has 0 atom stereocenters. The van der Waals surface area contributed by atoms with Crippen LogP contribution in [0, 0.1) is 0 Å². The standard InChI is InChI=1S/C11H16ClN/c1-4-11(2,3)8-6-5-7-9(12)10(8)13/h5-7H,4,13H2,1-3H3. The Balaban J connectivity index is 3.22. The number of nitrogens with two attached hydrogens (primary N) is 1. The molecule has 0 aliphatic carbocycles. The van der Waals surface area contributed by atoms with Gasteiger partial charge in [0, 0.05) is 0 Å². The molecule has 0 amide bonds. The van der Waals surface area contributed by atoms with Crippen molar-refractivity contribution in [1.82, 2.24) is 0 Å². The van der Waals surface area contributed by atoms with Gasteiger partial charge in [-0.1, -0.05) is 44.5 Å². The van der Waals surface area contributed by atoms with Gasteiger partial charge in [-0.2, -0.15) is 0 Å². The van der Waals surface area contributed by atoms with E-state index < -0.39 is 0 Å². The fraction of sp³-hybridized carbons (Fsp3) is 0.455. The third-order valence-corrected chi connectivity index (χ3v) is 3.00. The van der Waals surface area contributed by atoms with Gasteiger partial charge in [-0.3, -0.25) is 0 Å². The molecule has 13 heavy (non-hydrogen) atoms. The van der Waals surface area contributed by atoms with Crippen molar-refractivity contribution < 1.29 is 0 Å². The third-order valence-electron chi connectivity index (χ3n) is 2.67. The van der Waals surface area contributed by atoms with Crippen molar-refractivity contribution in [3.8, 4) is 0 Å². The summed E-state index contributed by atoms with van der Waals surface area (Å²) in [5.74, 6) is 0. The van der Waals surface area contributed by atoms with Gasteiger partial charge in [-0.25, -0.2) is 0 Å². The first-order valence-corrected chi connectivity index (χ1v) is 4.91. The van der Waals surface area contributed by atoms with Crippen molar-refractivity contribution in [1.29, 1.82) is 0 Å². The molecule has 2 heteroatoms. The van der Waals surface area contributed by atoms with Crippen molar-refractivity contribution in [2.24, 2.45) is 0 Å². The minimum Gasteiger partial charge on any atom is -0.397 e. The van der Waals surface area contributed by atoms with Crippen LogP contribution in [0.3, 0.4) is 0 Å². The Morgan fingerprint density at radius 3 is 2.54 bits per heavy atom. The second-order valence-electron chi connectivity index (χ2n) is 3.94. The Kier molecular flexibility index (Phi) is 2.87. The lowest BCUT2D eigenvalue weighted by Crippen LogP contribution is -2.17. The molecule has 0 heterocycles. The Morgan fingerprint density at radius 1 is 1.38 bits per heavy atom. The van der Waals surface area contributed by atoms with Crippen LogP contribution in [-0.4, -0.2) is 0 Å². The highest BCUT2D eigenvalue weighted by atomic mass is 35.5. The van der Waals surface area contributed by atoms with Crippen LogP contribution in [0.1, 0.15) is 32.8 Å². The van der Waals surface area contributed by atoms with Gasteiger partial charge in [0.1, 0.15) is 0 Å². The van der Waals surface area contributed by atoms with Crippen LogP contribution in [0.2, 0.25) is 5.02 Å². The highest BCUT2D eigenvalue weighted by Gasteiger charge is 2.21. The SMILES string of the molecule is CCC(C)(C)c1cccc(Cl)c1N. The quantitative estimate of drug-likeness (QED) is 0.721. The van der Waals surface area contributed by atoms with E-state index in [0.29, 0.717) is 5.02 Å². The smallest absolute Gasteiger partial charge is 0.0638 e. The molecule has 2 N–H and O–H groups in total. The summed E-state index contributed by atoms with van der Waals surface area (Å²) in [4.78, 5) is 0. The molecule has 0 aromatic heterocycles. The Hall–Kier alpha value is -0.690. The molecule has 0 aliphatic rings. The van der Waals surface area contributed by atoms with E-state index >= 15 is 0 Å². The second kappa shape index (κ2) is 3.59. The van der Waals surface area contributed by atoms with E-state index in [4.69, 9.17) is 17.3 Å². The van der Waals surface area contributed by atoms with Crippen LogP contribution in [0.5, 0.6) is 0 Å². The lowest BCUT2D eigenvalue weighted by atomic mass is 9.81. The van der Waals surface area contributed by atoms with Crippen molar-refractivity contribution in [2.45, 2.75) is 32.6 Å². The first-order chi connectivity index (χ1) is 5.99. The zero-order chi connectivity index (χ0) is 10.1. The molecule has 0 saturated carbocycles. The van der Waals surface area contributed by atoms with E-state index in [9.17, 15) is 0 Å². The van der Waals surface area contributed by atoms with Crippen molar-refractivity contribution in [3.63, 3.8) is 0 Å². The van der Waals surface area contributed by atoms with E-state index in [1.165, 1.54) is 0 Å². The molecule has 1 rings (SSSR count). The first kappa shape index (κ1) is 10.4. The highest BCUT2D eigenvalue weighted by molar-refractivity contribution is 6.33. The van der Waals surface area contributed by atoms with E-state index in [2.05, 4.69) is 20.8 Å². The summed E-state index contributed by atoms with van der Waals surface area (Å²) >= 11 is 5.95. The van der Waals surface area contributed by atoms with Gasteiger partial charge in [0.2, 0.25) is 0 Å². The van der Waals surface area contributed by atoms with E-state index in [-0.39, 0.29) is 5.41 Å². The molecule has 0 unspecified atom stereocenters. The Morgan fingerprint density at radius 2 is 2.00 bits per heavy atom. The van der Waals surface area contributed by atoms with Gasteiger partial charge in [-0.15, -0.1) is 0 Å². The van der Waals surface area contributed by atoms with E-state index in [1.54, 1.807) is 0 Å². The van der Waals surface area contributed by atoms with Gasteiger partial charge in [0.05, 0.1) is 10.7 Å². The van der Waals surface area contributed by atoms with Crippen LogP contribution in [-0.2, 0) is 5.41 Å². The molecule has 72 valence electrons. The molecule has 1 aromatic carbocycles. The third kappa shape index (κ3) is 1.97. The maximum atomic E-state index is 5.95. The minimum atomic E-state index is 0.106. The summed E-state index contributed by atoms with van der Waals surface area (Å²) in [5, 5.41) is 0.652. The number of hydrogen-bond donors (Lipinski definition) is 1. The zero-order valence-corrected chi connectivity index (χ0v) is 9.15. The largest absolute Gasteiger partial charge is 0.397 e. The average Bonchev–Trinajstić information content (AvgIpc) is 2.09. The topological polar surface area (TPSA) is 26.0 Å². The number of benzene rings is 1. The number of anilines is 1. The van der Waals surface area contributed by atoms with Crippen molar-refractivity contribution in [2.75, 3.05) is 5.73 Å². The van der Waals surface area contributed by atoms with Gasteiger partial charge in [-0.05, 0) is 23.5 Å². The number of halogens is 1. The average molecular weight is 198 g/mol. The molecule has 0 radical (unpaired) electrons. The summed E-state index contributed by atoms with van der Waals surface area (Å²) < 4.78 is 0. The zero-order valence-electron chi connectivity index (χ0n) is 8.39. The predicted octanol–water partition coefficient (Wildman–Crippen LogP) is 3.61. The number of rotatable bonds is 2. The van der Waals surface area contributed by atoms with Crippen LogP contribution in [0.15, 0.2) is 18.2 Å². The van der Waals surface area contributed by atoms with E-state index in [0.717, 1.165) is 17.7 Å². The minimum absolute atomic E-state index is 0.106.